The summed E-state index contributed by atoms with van der Waals surface area (Å²) in [6, 6.07) is 7.52. The van der Waals surface area contributed by atoms with Crippen LogP contribution < -0.4 is 11.1 Å². The Labute approximate surface area is 88.3 Å². The first-order valence-corrected chi connectivity index (χ1v) is 4.93. The van der Waals surface area contributed by atoms with Crippen molar-refractivity contribution in [3.05, 3.63) is 23.8 Å². The average molecular weight is 203 g/mol. The summed E-state index contributed by atoms with van der Waals surface area (Å²) in [7, 11) is 0. The largest absolute Gasteiger partial charge is 0.397 e. The predicted molar refractivity (Wildman–Crippen MR) is 58.2 cm³/mol. The molecule has 0 radical (unpaired) electrons. The number of anilines is 2. The van der Waals surface area contributed by atoms with E-state index in [1.54, 1.807) is 18.2 Å². The summed E-state index contributed by atoms with van der Waals surface area (Å²) in [5.41, 5.74) is 7.76. The molecule has 78 valence electrons. The van der Waals surface area contributed by atoms with Crippen molar-refractivity contribution in [2.45, 2.75) is 25.0 Å². The standard InChI is InChI=1S/C11H13N3O/c12-6-7-1-2-11(10(13)3-7)14-8-4-9(15)5-8/h1-3,8-9,14-15H,4-5,13H2. The Morgan fingerprint density at radius 3 is 2.73 bits per heavy atom. The zero-order valence-corrected chi connectivity index (χ0v) is 8.27. The number of nitrogens with zero attached hydrogens (tertiary/aromatic N) is 1. The number of hydrogen-bond donors (Lipinski definition) is 3. The molecule has 0 unspecified atom stereocenters. The van der Waals surface area contributed by atoms with E-state index in [0.717, 1.165) is 18.5 Å². The minimum atomic E-state index is -0.179. The topological polar surface area (TPSA) is 82.1 Å². The molecule has 2 rings (SSSR count). The molecule has 15 heavy (non-hydrogen) atoms. The van der Waals surface area contributed by atoms with Crippen LogP contribution in [0.3, 0.4) is 0 Å². The Morgan fingerprint density at radius 2 is 2.20 bits per heavy atom. The molecule has 0 amide bonds. The molecule has 0 aromatic heterocycles. The maximum Gasteiger partial charge on any atom is 0.0992 e. The summed E-state index contributed by atoms with van der Waals surface area (Å²) in [5, 5.41) is 21.0. The molecule has 1 saturated carbocycles. The van der Waals surface area contributed by atoms with Gasteiger partial charge in [-0.3, -0.25) is 0 Å². The molecule has 4 nitrogen and oxygen atoms in total. The van der Waals surface area contributed by atoms with Crippen molar-refractivity contribution in [3.8, 4) is 6.07 Å². The van der Waals surface area contributed by atoms with Crippen LogP contribution in [0.1, 0.15) is 18.4 Å². The van der Waals surface area contributed by atoms with E-state index >= 15 is 0 Å². The van der Waals surface area contributed by atoms with Crippen molar-refractivity contribution in [1.82, 2.24) is 0 Å². The van der Waals surface area contributed by atoms with Crippen molar-refractivity contribution in [2.75, 3.05) is 11.1 Å². The van der Waals surface area contributed by atoms with Gasteiger partial charge < -0.3 is 16.2 Å². The van der Waals surface area contributed by atoms with E-state index in [0.29, 0.717) is 17.3 Å². The van der Waals surface area contributed by atoms with Gasteiger partial charge in [-0.25, -0.2) is 0 Å². The number of aliphatic hydroxyl groups is 1. The second kappa shape index (κ2) is 3.79. The highest BCUT2D eigenvalue weighted by Crippen LogP contribution is 2.27. The Balaban J connectivity index is 2.06. The highest BCUT2D eigenvalue weighted by Gasteiger charge is 2.27. The Hall–Kier alpha value is -1.73. The van der Waals surface area contributed by atoms with Gasteiger partial charge in [0.05, 0.1) is 29.1 Å². The fourth-order valence-electron chi connectivity index (χ4n) is 1.69. The number of nitrogen functional groups attached to an aromatic ring is 1. The second-order valence-electron chi connectivity index (χ2n) is 3.88. The van der Waals surface area contributed by atoms with Gasteiger partial charge in [0.1, 0.15) is 0 Å². The molecule has 4 heteroatoms. The van der Waals surface area contributed by atoms with Crippen LogP contribution in [0.5, 0.6) is 0 Å². The van der Waals surface area contributed by atoms with Gasteiger partial charge in [0, 0.05) is 6.04 Å². The number of rotatable bonds is 2. The van der Waals surface area contributed by atoms with Gasteiger partial charge in [-0.05, 0) is 31.0 Å². The zero-order valence-electron chi connectivity index (χ0n) is 8.27. The van der Waals surface area contributed by atoms with Crippen LogP contribution >= 0.6 is 0 Å². The van der Waals surface area contributed by atoms with Gasteiger partial charge in [-0.1, -0.05) is 0 Å². The molecular weight excluding hydrogens is 190 g/mol. The maximum atomic E-state index is 9.13. The van der Waals surface area contributed by atoms with Gasteiger partial charge in [0.15, 0.2) is 0 Å². The fourth-order valence-corrected chi connectivity index (χ4v) is 1.69. The first-order chi connectivity index (χ1) is 7.19. The molecule has 1 fully saturated rings. The van der Waals surface area contributed by atoms with E-state index in [4.69, 9.17) is 16.1 Å². The van der Waals surface area contributed by atoms with Gasteiger partial charge in [-0.2, -0.15) is 5.26 Å². The van der Waals surface area contributed by atoms with Crippen molar-refractivity contribution in [1.29, 1.82) is 5.26 Å². The highest BCUT2D eigenvalue weighted by molar-refractivity contribution is 5.68. The van der Waals surface area contributed by atoms with Crippen molar-refractivity contribution < 1.29 is 5.11 Å². The van der Waals surface area contributed by atoms with Gasteiger partial charge >= 0.3 is 0 Å². The monoisotopic (exact) mass is 203 g/mol. The third kappa shape index (κ3) is 2.03. The van der Waals surface area contributed by atoms with Crippen LogP contribution in [0.4, 0.5) is 11.4 Å². The molecule has 1 aromatic rings. The summed E-state index contributed by atoms with van der Waals surface area (Å²) >= 11 is 0. The van der Waals surface area contributed by atoms with Crippen LogP contribution in [0.15, 0.2) is 18.2 Å². The Morgan fingerprint density at radius 1 is 1.47 bits per heavy atom. The third-order valence-electron chi connectivity index (χ3n) is 2.65. The normalized spacial score (nSPS) is 24.0. The van der Waals surface area contributed by atoms with Crippen molar-refractivity contribution >= 4 is 11.4 Å². The van der Waals surface area contributed by atoms with E-state index in [9.17, 15) is 0 Å². The molecule has 0 spiro atoms. The number of nitrogens with one attached hydrogen (secondary N) is 1. The number of hydrogen-bond acceptors (Lipinski definition) is 4. The summed E-state index contributed by atoms with van der Waals surface area (Å²) in [5.74, 6) is 0. The summed E-state index contributed by atoms with van der Waals surface area (Å²) in [4.78, 5) is 0. The van der Waals surface area contributed by atoms with Crippen LogP contribution in [0.2, 0.25) is 0 Å². The Bertz CT molecular complexity index is 405. The summed E-state index contributed by atoms with van der Waals surface area (Å²) in [6.45, 7) is 0. The van der Waals surface area contributed by atoms with Crippen LogP contribution in [-0.2, 0) is 0 Å². The van der Waals surface area contributed by atoms with Gasteiger partial charge in [0.25, 0.3) is 0 Å². The lowest BCUT2D eigenvalue weighted by Crippen LogP contribution is -2.39. The fraction of sp³-hybridized carbons (Fsp3) is 0.364. The molecular formula is C11H13N3O. The van der Waals surface area contributed by atoms with Crippen LogP contribution in [0.25, 0.3) is 0 Å². The number of benzene rings is 1. The van der Waals surface area contributed by atoms with Crippen molar-refractivity contribution in [3.63, 3.8) is 0 Å². The summed E-state index contributed by atoms with van der Waals surface area (Å²) in [6.07, 6.45) is 1.35. The molecule has 0 heterocycles. The lowest BCUT2D eigenvalue weighted by Gasteiger charge is -2.33. The number of nitrogens with two attached hydrogens (primary N) is 1. The van der Waals surface area contributed by atoms with E-state index in [2.05, 4.69) is 5.32 Å². The first kappa shape index (κ1) is 9.81. The quantitative estimate of drug-likeness (QED) is 0.628. The highest BCUT2D eigenvalue weighted by atomic mass is 16.3. The van der Waals surface area contributed by atoms with Gasteiger partial charge in [-0.15, -0.1) is 0 Å². The maximum absolute atomic E-state index is 9.13. The third-order valence-corrected chi connectivity index (χ3v) is 2.65. The molecule has 0 atom stereocenters. The molecule has 1 aromatic carbocycles. The molecule has 4 N–H and O–H groups in total. The molecule has 1 aliphatic rings. The lowest BCUT2D eigenvalue weighted by molar-refractivity contribution is 0.0837. The predicted octanol–water partition coefficient (Wildman–Crippen LogP) is 1.08. The average Bonchev–Trinajstić information content (AvgIpc) is 2.18. The van der Waals surface area contributed by atoms with E-state index < -0.39 is 0 Å². The SMILES string of the molecule is N#Cc1ccc(NC2CC(O)C2)c(N)c1. The van der Waals surface area contributed by atoms with E-state index in [1.807, 2.05) is 6.07 Å². The minimum Gasteiger partial charge on any atom is -0.397 e. The minimum absolute atomic E-state index is 0.179. The van der Waals surface area contributed by atoms with E-state index in [1.165, 1.54) is 0 Å². The number of aliphatic hydroxyl groups excluding tert-OH is 1. The second-order valence-corrected chi connectivity index (χ2v) is 3.88. The lowest BCUT2D eigenvalue weighted by atomic mass is 9.89. The molecule has 0 aliphatic heterocycles. The van der Waals surface area contributed by atoms with E-state index in [-0.39, 0.29) is 6.10 Å². The van der Waals surface area contributed by atoms with Crippen LogP contribution in [-0.4, -0.2) is 17.3 Å². The summed E-state index contributed by atoms with van der Waals surface area (Å²) < 4.78 is 0. The van der Waals surface area contributed by atoms with Gasteiger partial charge in [0.2, 0.25) is 0 Å². The first-order valence-electron chi connectivity index (χ1n) is 4.93. The Kier molecular flexibility index (Phi) is 2.48. The zero-order chi connectivity index (χ0) is 10.8. The smallest absolute Gasteiger partial charge is 0.0992 e. The van der Waals surface area contributed by atoms with Crippen molar-refractivity contribution in [2.24, 2.45) is 0 Å². The molecule has 0 saturated heterocycles. The molecule has 1 aliphatic carbocycles. The molecule has 0 bridgehead atoms. The van der Waals surface area contributed by atoms with Crippen LogP contribution in [0, 0.1) is 11.3 Å². The number of nitriles is 1.